The number of unbranched alkanes of at least 4 members (excludes halogenated alkanes) is 5. The zero-order chi connectivity index (χ0) is 16.1. The summed E-state index contributed by atoms with van der Waals surface area (Å²) in [5, 5.41) is 7.59. The number of rotatable bonds is 8. The summed E-state index contributed by atoms with van der Waals surface area (Å²) < 4.78 is 6.91. The van der Waals surface area contributed by atoms with Crippen molar-refractivity contribution in [2.24, 2.45) is 0 Å². The molecule has 0 bridgehead atoms. The molecular weight excluding hydrogens is 290 g/mol. The molecule has 0 atom stereocenters. The summed E-state index contributed by atoms with van der Waals surface area (Å²) in [4.78, 5) is 4.66. The molecule has 0 saturated carbocycles. The summed E-state index contributed by atoms with van der Waals surface area (Å²) in [5.74, 6) is 1.02. The first-order chi connectivity index (χ1) is 11.3. The van der Waals surface area contributed by atoms with E-state index < -0.39 is 0 Å². The van der Waals surface area contributed by atoms with Crippen molar-refractivity contribution in [1.29, 1.82) is 0 Å². The molecule has 6 heteroatoms. The number of nitrogens with two attached hydrogens (primary N) is 1. The van der Waals surface area contributed by atoms with Crippen LogP contribution in [-0.4, -0.2) is 19.9 Å². The van der Waals surface area contributed by atoms with E-state index in [1.807, 2.05) is 18.2 Å². The highest BCUT2D eigenvalue weighted by atomic mass is 16.6. The number of aryl methyl sites for hydroxylation is 1. The van der Waals surface area contributed by atoms with Crippen LogP contribution in [0.25, 0.3) is 22.6 Å². The normalized spacial score (nSPS) is 11.3. The first-order valence-corrected chi connectivity index (χ1v) is 8.35. The molecular formula is C17H23N5O. The highest BCUT2D eigenvalue weighted by Gasteiger charge is 2.18. The lowest BCUT2D eigenvalue weighted by Gasteiger charge is -2.07. The van der Waals surface area contributed by atoms with Crippen molar-refractivity contribution in [3.05, 3.63) is 24.3 Å². The second-order valence-electron chi connectivity index (χ2n) is 5.84. The van der Waals surface area contributed by atoms with Crippen LogP contribution < -0.4 is 5.73 Å². The van der Waals surface area contributed by atoms with E-state index in [1.165, 1.54) is 32.1 Å². The van der Waals surface area contributed by atoms with Gasteiger partial charge in [-0.1, -0.05) is 51.2 Å². The summed E-state index contributed by atoms with van der Waals surface area (Å²) in [5.41, 5.74) is 8.41. The Kier molecular flexibility index (Phi) is 4.90. The Morgan fingerprint density at radius 2 is 1.83 bits per heavy atom. The van der Waals surface area contributed by atoms with Gasteiger partial charge in [-0.25, -0.2) is 9.61 Å². The van der Waals surface area contributed by atoms with E-state index >= 15 is 0 Å². The Bertz CT molecular complexity index is 761. The van der Waals surface area contributed by atoms with Gasteiger partial charge >= 0.3 is 0 Å². The fourth-order valence-electron chi connectivity index (χ4n) is 2.88. The fourth-order valence-corrected chi connectivity index (χ4v) is 2.88. The Balaban J connectivity index is 1.81. The van der Waals surface area contributed by atoms with Crippen LogP contribution in [0.5, 0.6) is 0 Å². The zero-order valence-corrected chi connectivity index (χ0v) is 13.5. The molecule has 0 aliphatic heterocycles. The average molecular weight is 313 g/mol. The summed E-state index contributed by atoms with van der Waals surface area (Å²) in [6, 6.07) is 8.08. The lowest BCUT2D eigenvalue weighted by Crippen LogP contribution is -2.02. The number of hydrogen-bond acceptors (Lipinski definition) is 5. The van der Waals surface area contributed by atoms with Gasteiger partial charge in [-0.2, -0.15) is 0 Å². The highest BCUT2D eigenvalue weighted by Crippen LogP contribution is 2.27. The minimum Gasteiger partial charge on any atom is -0.379 e. The third-order valence-electron chi connectivity index (χ3n) is 4.12. The zero-order valence-electron chi connectivity index (χ0n) is 13.5. The first-order valence-electron chi connectivity index (χ1n) is 8.35. The number of nitrogens with zero attached hydrogens (tertiary/aromatic N) is 4. The van der Waals surface area contributed by atoms with Gasteiger partial charge in [0, 0.05) is 6.54 Å². The maximum atomic E-state index is 5.85. The summed E-state index contributed by atoms with van der Waals surface area (Å²) >= 11 is 0. The Morgan fingerprint density at radius 1 is 1.04 bits per heavy atom. The Morgan fingerprint density at radius 3 is 2.61 bits per heavy atom. The van der Waals surface area contributed by atoms with Gasteiger partial charge in [-0.3, -0.25) is 0 Å². The average Bonchev–Trinajstić information content (AvgIpc) is 3.14. The molecule has 0 fully saturated rings. The Hall–Kier alpha value is -2.37. The van der Waals surface area contributed by atoms with E-state index in [9.17, 15) is 0 Å². The first kappa shape index (κ1) is 15.5. The smallest absolute Gasteiger partial charge is 0.199 e. The summed E-state index contributed by atoms with van der Waals surface area (Å²) in [6.45, 7) is 3.13. The standard InChI is InChI=1S/C17H23N5O/c1-2-3-4-5-6-9-12-22-14-11-8-7-10-13(14)19-17(22)15-16(18)21-23-20-15/h7-8,10-11H,2-6,9,12H2,1H3,(H2,18,21). The largest absolute Gasteiger partial charge is 0.379 e. The molecule has 2 N–H and O–H groups in total. The molecule has 0 unspecified atom stereocenters. The third-order valence-corrected chi connectivity index (χ3v) is 4.12. The van der Waals surface area contributed by atoms with E-state index in [2.05, 4.69) is 32.9 Å². The van der Waals surface area contributed by atoms with Crippen LogP contribution in [0, 0.1) is 0 Å². The number of nitrogen functional groups attached to an aromatic ring is 1. The van der Waals surface area contributed by atoms with Gasteiger partial charge in [-0.05, 0) is 28.9 Å². The molecule has 0 spiro atoms. The molecule has 0 saturated heterocycles. The van der Waals surface area contributed by atoms with Gasteiger partial charge in [0.25, 0.3) is 0 Å². The molecule has 2 aromatic heterocycles. The van der Waals surface area contributed by atoms with Gasteiger partial charge < -0.3 is 10.3 Å². The fraction of sp³-hybridized carbons (Fsp3) is 0.471. The maximum absolute atomic E-state index is 5.85. The van der Waals surface area contributed by atoms with E-state index in [0.717, 1.165) is 29.8 Å². The van der Waals surface area contributed by atoms with E-state index in [-0.39, 0.29) is 5.82 Å². The van der Waals surface area contributed by atoms with Gasteiger partial charge in [0.05, 0.1) is 11.0 Å². The van der Waals surface area contributed by atoms with Crippen molar-refractivity contribution in [2.75, 3.05) is 5.73 Å². The van der Waals surface area contributed by atoms with Crippen molar-refractivity contribution in [1.82, 2.24) is 19.9 Å². The number of fused-ring (bicyclic) bond motifs is 1. The summed E-state index contributed by atoms with van der Waals surface area (Å²) in [6.07, 6.45) is 7.52. The van der Waals surface area contributed by atoms with Crippen LogP contribution in [0.2, 0.25) is 0 Å². The molecule has 0 aliphatic carbocycles. The van der Waals surface area contributed by atoms with Crippen molar-refractivity contribution >= 4 is 16.9 Å². The van der Waals surface area contributed by atoms with Crippen LogP contribution in [0.4, 0.5) is 5.82 Å². The van der Waals surface area contributed by atoms with Gasteiger partial charge in [0.15, 0.2) is 17.3 Å². The second kappa shape index (κ2) is 7.26. The number of hydrogen-bond donors (Lipinski definition) is 1. The molecule has 3 rings (SSSR count). The lowest BCUT2D eigenvalue weighted by molar-refractivity contribution is 0.310. The highest BCUT2D eigenvalue weighted by molar-refractivity contribution is 5.81. The van der Waals surface area contributed by atoms with Gasteiger partial charge in [0.1, 0.15) is 0 Å². The van der Waals surface area contributed by atoms with Crippen LogP contribution >= 0.6 is 0 Å². The van der Waals surface area contributed by atoms with E-state index in [0.29, 0.717) is 5.69 Å². The number of imidazole rings is 1. The molecule has 1 aromatic carbocycles. The monoisotopic (exact) mass is 313 g/mol. The van der Waals surface area contributed by atoms with Crippen LogP contribution in [-0.2, 0) is 6.54 Å². The molecule has 2 heterocycles. The minimum atomic E-state index is 0.282. The predicted octanol–water partition coefficient (Wildman–Crippen LogP) is 4.03. The number of aromatic nitrogens is 4. The second-order valence-corrected chi connectivity index (χ2v) is 5.84. The van der Waals surface area contributed by atoms with Crippen molar-refractivity contribution < 1.29 is 4.63 Å². The molecule has 0 aliphatic rings. The van der Waals surface area contributed by atoms with Crippen LogP contribution in [0.3, 0.4) is 0 Å². The van der Waals surface area contributed by atoms with E-state index in [1.54, 1.807) is 0 Å². The van der Waals surface area contributed by atoms with Crippen molar-refractivity contribution in [2.45, 2.75) is 52.0 Å². The van der Waals surface area contributed by atoms with Crippen molar-refractivity contribution in [3.63, 3.8) is 0 Å². The number of para-hydroxylation sites is 2. The summed E-state index contributed by atoms with van der Waals surface area (Å²) in [7, 11) is 0. The van der Waals surface area contributed by atoms with Crippen molar-refractivity contribution in [3.8, 4) is 11.5 Å². The SMILES string of the molecule is CCCCCCCCn1c(-c2nonc2N)nc2ccccc21. The van der Waals surface area contributed by atoms with Gasteiger partial charge in [-0.15, -0.1) is 0 Å². The molecule has 122 valence electrons. The molecule has 0 amide bonds. The van der Waals surface area contributed by atoms with Gasteiger partial charge in [0.2, 0.25) is 0 Å². The third kappa shape index (κ3) is 3.36. The molecule has 23 heavy (non-hydrogen) atoms. The molecule has 0 radical (unpaired) electrons. The minimum absolute atomic E-state index is 0.282. The van der Waals surface area contributed by atoms with Crippen LogP contribution in [0.15, 0.2) is 28.9 Å². The Labute approximate surface area is 135 Å². The maximum Gasteiger partial charge on any atom is 0.199 e. The molecule has 6 nitrogen and oxygen atoms in total. The van der Waals surface area contributed by atoms with E-state index in [4.69, 9.17) is 10.4 Å². The van der Waals surface area contributed by atoms with Crippen LogP contribution in [0.1, 0.15) is 45.4 Å². The predicted molar refractivity (Wildman–Crippen MR) is 90.8 cm³/mol. The molecule has 3 aromatic rings. The lowest BCUT2D eigenvalue weighted by atomic mass is 10.1. The quantitative estimate of drug-likeness (QED) is 0.635. The number of anilines is 1. The number of benzene rings is 1. The topological polar surface area (TPSA) is 82.8 Å².